The van der Waals surface area contributed by atoms with Crippen LogP contribution in [0.15, 0.2) is 45.9 Å². The molecule has 0 atom stereocenters. The van der Waals surface area contributed by atoms with E-state index in [-0.39, 0.29) is 34.8 Å². The van der Waals surface area contributed by atoms with Crippen LogP contribution in [0, 0.1) is 10.1 Å². The van der Waals surface area contributed by atoms with Gasteiger partial charge in [0.15, 0.2) is 5.52 Å². The Bertz CT molecular complexity index is 1060. The number of amides is 1. The van der Waals surface area contributed by atoms with Crippen molar-refractivity contribution in [3.05, 3.63) is 52.1 Å². The molecule has 0 aliphatic rings. The molecule has 1 N–H and O–H groups in total. The molecule has 0 unspecified atom stereocenters. The number of alkyl halides is 3. The third-order valence-corrected chi connectivity index (χ3v) is 4.58. The highest BCUT2D eigenvalue weighted by Gasteiger charge is 2.30. The van der Waals surface area contributed by atoms with E-state index in [4.69, 9.17) is 4.74 Å². The molecule has 1 heterocycles. The molecule has 3 rings (SSSR count). The largest absolute Gasteiger partial charge is 0.448 e. The Hall–Kier alpha value is -3.35. The van der Waals surface area contributed by atoms with E-state index < -0.39 is 22.8 Å². The molecule has 0 aliphatic heterocycles. The fourth-order valence-corrected chi connectivity index (χ4v) is 3.13. The standard InChI is InChI=1S/C16H11F3N4O5S/c17-16(18,19)9-2-1-3-10(8-9)20-15(24)27-6-7-29-12-5-4-11(23(25)26)13-14(12)22-28-21-13/h1-5,8H,6-7H2,(H,20,24). The molecule has 3 aromatic rings. The van der Waals surface area contributed by atoms with E-state index in [9.17, 15) is 28.1 Å². The zero-order valence-electron chi connectivity index (χ0n) is 14.3. The molecule has 13 heteroatoms. The number of thioether (sulfide) groups is 1. The van der Waals surface area contributed by atoms with Gasteiger partial charge in [0.25, 0.3) is 0 Å². The summed E-state index contributed by atoms with van der Waals surface area (Å²) in [6.45, 7) is -0.0702. The molecule has 1 aromatic heterocycles. The molecular formula is C16H11F3N4O5S. The number of aromatic nitrogens is 2. The predicted molar refractivity (Wildman–Crippen MR) is 95.6 cm³/mol. The van der Waals surface area contributed by atoms with E-state index in [1.807, 2.05) is 0 Å². The lowest BCUT2D eigenvalue weighted by molar-refractivity contribution is -0.383. The number of ether oxygens (including phenoxy) is 1. The number of benzene rings is 2. The van der Waals surface area contributed by atoms with Crippen molar-refractivity contribution in [1.82, 2.24) is 10.3 Å². The highest BCUT2D eigenvalue weighted by atomic mass is 32.2. The smallest absolute Gasteiger partial charge is 0.416 e. The number of nitrogens with zero attached hydrogens (tertiary/aromatic N) is 3. The summed E-state index contributed by atoms with van der Waals surface area (Å²) in [6.07, 6.45) is -5.44. The second-order valence-corrected chi connectivity index (χ2v) is 6.63. The summed E-state index contributed by atoms with van der Waals surface area (Å²) in [4.78, 5) is 22.6. The molecule has 152 valence electrons. The summed E-state index contributed by atoms with van der Waals surface area (Å²) in [5.41, 5.74) is -0.986. The number of hydrogen-bond donors (Lipinski definition) is 1. The van der Waals surface area contributed by atoms with Crippen LogP contribution in [0.1, 0.15) is 5.56 Å². The van der Waals surface area contributed by atoms with Crippen LogP contribution in [0.2, 0.25) is 0 Å². The Balaban J connectivity index is 1.53. The number of carbonyl (C=O) groups is 1. The van der Waals surface area contributed by atoms with Gasteiger partial charge in [-0.25, -0.2) is 9.42 Å². The molecule has 0 fully saturated rings. The van der Waals surface area contributed by atoms with Gasteiger partial charge in [0, 0.05) is 22.4 Å². The maximum atomic E-state index is 12.7. The third-order valence-electron chi connectivity index (χ3n) is 3.56. The molecule has 0 bridgehead atoms. The number of nitro groups is 1. The highest BCUT2D eigenvalue weighted by Crippen LogP contribution is 2.32. The van der Waals surface area contributed by atoms with Crippen LogP contribution in [-0.4, -0.2) is 33.7 Å². The summed E-state index contributed by atoms with van der Waals surface area (Å²) < 4.78 is 47.5. The van der Waals surface area contributed by atoms with Crippen molar-refractivity contribution in [3.8, 4) is 0 Å². The normalized spacial score (nSPS) is 11.4. The lowest BCUT2D eigenvalue weighted by Gasteiger charge is -2.10. The first kappa shape index (κ1) is 20.4. The van der Waals surface area contributed by atoms with Crippen LogP contribution in [0.5, 0.6) is 0 Å². The molecule has 0 saturated carbocycles. The number of hydrogen-bond acceptors (Lipinski definition) is 8. The van der Waals surface area contributed by atoms with Gasteiger partial charge in [0.2, 0.25) is 5.52 Å². The van der Waals surface area contributed by atoms with E-state index in [1.165, 1.54) is 36.0 Å². The molecule has 0 saturated heterocycles. The number of nitro benzene ring substituents is 1. The monoisotopic (exact) mass is 428 g/mol. The molecular weight excluding hydrogens is 417 g/mol. The zero-order valence-corrected chi connectivity index (χ0v) is 15.1. The maximum Gasteiger partial charge on any atom is 0.416 e. The van der Waals surface area contributed by atoms with Crippen LogP contribution in [-0.2, 0) is 10.9 Å². The zero-order chi connectivity index (χ0) is 21.0. The number of anilines is 1. The van der Waals surface area contributed by atoms with Crippen molar-refractivity contribution < 1.29 is 32.3 Å². The Morgan fingerprint density at radius 1 is 1.24 bits per heavy atom. The Morgan fingerprint density at radius 2 is 2.00 bits per heavy atom. The summed E-state index contributed by atoms with van der Waals surface area (Å²) in [7, 11) is 0. The Labute approximate surface area is 164 Å². The fourth-order valence-electron chi connectivity index (χ4n) is 2.31. The van der Waals surface area contributed by atoms with Crippen molar-refractivity contribution in [1.29, 1.82) is 0 Å². The van der Waals surface area contributed by atoms with Gasteiger partial charge in [0.1, 0.15) is 6.61 Å². The Morgan fingerprint density at radius 3 is 2.72 bits per heavy atom. The van der Waals surface area contributed by atoms with Gasteiger partial charge < -0.3 is 4.74 Å². The van der Waals surface area contributed by atoms with Crippen molar-refractivity contribution in [2.75, 3.05) is 17.7 Å². The number of carbonyl (C=O) groups excluding carboxylic acids is 1. The van der Waals surface area contributed by atoms with Gasteiger partial charge in [-0.2, -0.15) is 13.2 Å². The van der Waals surface area contributed by atoms with Crippen LogP contribution in [0.4, 0.5) is 29.3 Å². The fraction of sp³-hybridized carbons (Fsp3) is 0.188. The Kier molecular flexibility index (Phi) is 5.87. The van der Waals surface area contributed by atoms with Gasteiger partial charge in [-0.15, -0.1) is 11.8 Å². The van der Waals surface area contributed by atoms with E-state index in [0.717, 1.165) is 12.1 Å². The highest BCUT2D eigenvalue weighted by molar-refractivity contribution is 7.99. The summed E-state index contributed by atoms with van der Waals surface area (Å²) in [5, 5.41) is 20.3. The van der Waals surface area contributed by atoms with Gasteiger partial charge in [-0.1, -0.05) is 6.07 Å². The SMILES string of the molecule is O=C(Nc1cccc(C(F)(F)F)c1)OCCSc1ccc([N+](=O)[O-])c2nonc12. The van der Waals surface area contributed by atoms with E-state index >= 15 is 0 Å². The summed E-state index contributed by atoms with van der Waals surface area (Å²) in [5.74, 6) is 0.260. The quantitative estimate of drug-likeness (QED) is 0.264. The minimum absolute atomic E-state index is 0.00297. The van der Waals surface area contributed by atoms with Gasteiger partial charge >= 0.3 is 18.0 Å². The second kappa shape index (κ2) is 8.34. The predicted octanol–water partition coefficient (Wildman–Crippen LogP) is 4.49. The molecule has 0 aliphatic carbocycles. The van der Waals surface area contributed by atoms with Crippen LogP contribution >= 0.6 is 11.8 Å². The first-order valence-electron chi connectivity index (χ1n) is 7.89. The molecule has 0 radical (unpaired) electrons. The second-order valence-electron chi connectivity index (χ2n) is 5.49. The van der Waals surface area contributed by atoms with Crippen molar-refractivity contribution in [3.63, 3.8) is 0 Å². The van der Waals surface area contributed by atoms with Crippen molar-refractivity contribution in [2.24, 2.45) is 0 Å². The number of nitrogens with one attached hydrogen (secondary N) is 1. The van der Waals surface area contributed by atoms with Gasteiger partial charge in [-0.3, -0.25) is 15.4 Å². The molecule has 9 nitrogen and oxygen atoms in total. The lowest BCUT2D eigenvalue weighted by Crippen LogP contribution is -2.16. The van der Waals surface area contributed by atoms with Gasteiger partial charge in [0.05, 0.1) is 10.5 Å². The van der Waals surface area contributed by atoms with E-state index in [2.05, 4.69) is 20.3 Å². The number of halogens is 3. The molecule has 29 heavy (non-hydrogen) atoms. The maximum absolute atomic E-state index is 12.7. The lowest BCUT2D eigenvalue weighted by atomic mass is 10.2. The molecule has 2 aromatic carbocycles. The van der Waals surface area contributed by atoms with Crippen LogP contribution < -0.4 is 5.32 Å². The van der Waals surface area contributed by atoms with E-state index in [1.54, 1.807) is 0 Å². The molecule has 1 amide bonds. The first-order valence-corrected chi connectivity index (χ1v) is 8.88. The summed E-state index contributed by atoms with van der Waals surface area (Å²) >= 11 is 1.19. The van der Waals surface area contributed by atoms with Crippen molar-refractivity contribution in [2.45, 2.75) is 11.1 Å². The topological polar surface area (TPSA) is 120 Å². The average Bonchev–Trinajstić information content (AvgIpc) is 3.14. The van der Waals surface area contributed by atoms with E-state index in [0.29, 0.717) is 4.90 Å². The van der Waals surface area contributed by atoms with Gasteiger partial charge in [-0.05, 0) is 34.6 Å². The van der Waals surface area contributed by atoms with Crippen LogP contribution in [0.3, 0.4) is 0 Å². The summed E-state index contributed by atoms with van der Waals surface area (Å²) in [6, 6.07) is 6.88. The average molecular weight is 428 g/mol. The number of non-ortho nitro benzene ring substituents is 1. The van der Waals surface area contributed by atoms with Crippen LogP contribution in [0.25, 0.3) is 11.0 Å². The third kappa shape index (κ3) is 4.93. The first-order chi connectivity index (χ1) is 13.8. The number of rotatable bonds is 6. The van der Waals surface area contributed by atoms with Crippen molar-refractivity contribution >= 4 is 40.3 Å². The minimum atomic E-state index is -4.52. The minimum Gasteiger partial charge on any atom is -0.448 e. The molecule has 0 spiro atoms. The number of fused-ring (bicyclic) bond motifs is 1.